The largest absolute Gasteiger partial charge is 0.325 e. The highest BCUT2D eigenvalue weighted by atomic mass is 32.1. The van der Waals surface area contributed by atoms with E-state index in [9.17, 15) is 19.2 Å². The average Bonchev–Trinajstić information content (AvgIpc) is 3.30. The molecule has 9 heteroatoms. The quantitative estimate of drug-likeness (QED) is 0.444. The Morgan fingerprint density at radius 3 is 2.31 bits per heavy atom. The van der Waals surface area contributed by atoms with Gasteiger partial charge in [0.25, 0.3) is 5.91 Å². The predicted octanol–water partition coefficient (Wildman–Crippen LogP) is 3.42. The molecule has 0 spiro atoms. The van der Waals surface area contributed by atoms with Crippen molar-refractivity contribution in [3.8, 4) is 11.3 Å². The van der Waals surface area contributed by atoms with Crippen molar-refractivity contribution in [2.24, 2.45) is 0 Å². The number of benzene rings is 2. The monoisotopic (exact) mass is 448 g/mol. The summed E-state index contributed by atoms with van der Waals surface area (Å²) < 4.78 is 0. The van der Waals surface area contributed by atoms with Crippen molar-refractivity contribution in [3.63, 3.8) is 0 Å². The first kappa shape index (κ1) is 21.4. The van der Waals surface area contributed by atoms with Crippen molar-refractivity contribution in [2.75, 3.05) is 11.9 Å². The lowest BCUT2D eigenvalue weighted by molar-refractivity contribution is -0.133. The van der Waals surface area contributed by atoms with Crippen molar-refractivity contribution in [3.05, 3.63) is 71.1 Å². The van der Waals surface area contributed by atoms with E-state index in [1.54, 1.807) is 31.2 Å². The number of thiazole rings is 1. The summed E-state index contributed by atoms with van der Waals surface area (Å²) in [5, 5.41) is 5.49. The number of rotatable bonds is 6. The van der Waals surface area contributed by atoms with Crippen LogP contribution in [0.5, 0.6) is 0 Å². The van der Waals surface area contributed by atoms with Crippen LogP contribution >= 0.6 is 11.3 Å². The highest BCUT2D eigenvalue weighted by molar-refractivity contribution is 7.18. The highest BCUT2D eigenvalue weighted by Crippen LogP contribution is 2.32. The molecule has 0 bridgehead atoms. The van der Waals surface area contributed by atoms with Gasteiger partial charge in [0.2, 0.25) is 5.91 Å². The van der Waals surface area contributed by atoms with Gasteiger partial charge in [0.1, 0.15) is 12.1 Å². The number of ketones is 1. The van der Waals surface area contributed by atoms with Crippen LogP contribution in [0.3, 0.4) is 0 Å². The first-order valence-corrected chi connectivity index (χ1v) is 10.7. The van der Waals surface area contributed by atoms with Gasteiger partial charge in [0.05, 0.1) is 10.6 Å². The van der Waals surface area contributed by atoms with Crippen molar-refractivity contribution < 1.29 is 19.2 Å². The number of hydrogen-bond acceptors (Lipinski definition) is 6. The van der Waals surface area contributed by atoms with E-state index in [-0.39, 0.29) is 10.9 Å². The minimum Gasteiger partial charge on any atom is -0.319 e. The average molecular weight is 449 g/mol. The Kier molecular flexibility index (Phi) is 5.58. The first-order chi connectivity index (χ1) is 15.3. The Hall–Kier alpha value is -3.85. The topological polar surface area (TPSA) is 108 Å². The number of carbonyl (C=O) groups is 4. The molecule has 4 amide bonds. The van der Waals surface area contributed by atoms with Gasteiger partial charge in [0, 0.05) is 12.5 Å². The van der Waals surface area contributed by atoms with Gasteiger partial charge < -0.3 is 10.6 Å². The second-order valence-electron chi connectivity index (χ2n) is 7.48. The van der Waals surface area contributed by atoms with Gasteiger partial charge in [-0.3, -0.25) is 19.3 Å². The summed E-state index contributed by atoms with van der Waals surface area (Å²) in [4.78, 5) is 55.8. The van der Waals surface area contributed by atoms with Gasteiger partial charge in [-0.25, -0.2) is 9.78 Å². The lowest BCUT2D eigenvalue weighted by Crippen LogP contribution is -2.42. The smallest absolute Gasteiger partial charge is 0.319 e. The molecule has 2 aromatic carbocycles. The van der Waals surface area contributed by atoms with Crippen LogP contribution in [0, 0.1) is 0 Å². The maximum Gasteiger partial charge on any atom is 0.325 e. The summed E-state index contributed by atoms with van der Waals surface area (Å²) in [6, 6.07) is 17.4. The summed E-state index contributed by atoms with van der Waals surface area (Å²) in [5.74, 6) is -1.28. The van der Waals surface area contributed by atoms with Crippen molar-refractivity contribution in [2.45, 2.75) is 19.4 Å². The van der Waals surface area contributed by atoms with Crippen LogP contribution in [0.4, 0.5) is 9.93 Å². The third-order valence-electron chi connectivity index (χ3n) is 5.17. The van der Waals surface area contributed by atoms with E-state index in [1.807, 2.05) is 36.4 Å². The number of anilines is 1. The molecule has 1 fully saturated rings. The number of hydrogen-bond donors (Lipinski definition) is 2. The summed E-state index contributed by atoms with van der Waals surface area (Å²) in [5.41, 5.74) is 0.606. The fraction of sp³-hybridized carbons (Fsp3) is 0.174. The maximum atomic E-state index is 13.0. The van der Waals surface area contributed by atoms with E-state index in [0.29, 0.717) is 16.1 Å². The Morgan fingerprint density at radius 1 is 1.06 bits per heavy atom. The molecule has 2 N–H and O–H groups in total. The molecule has 32 heavy (non-hydrogen) atoms. The van der Waals surface area contributed by atoms with E-state index in [4.69, 9.17) is 0 Å². The Bertz CT molecular complexity index is 1210. The minimum atomic E-state index is -1.25. The molecule has 0 radical (unpaired) electrons. The number of Topliss-reactive ketones (excluding diaryl/α,β-unsaturated/α-hetero) is 1. The minimum absolute atomic E-state index is 0.172. The molecule has 8 nitrogen and oxygen atoms in total. The number of imide groups is 1. The first-order valence-electron chi connectivity index (χ1n) is 9.86. The molecule has 0 saturated carbocycles. The highest BCUT2D eigenvalue weighted by Gasteiger charge is 2.49. The molecule has 1 aromatic heterocycles. The Balaban J connectivity index is 1.51. The second kappa shape index (κ2) is 8.35. The number of nitrogens with one attached hydrogen (secondary N) is 2. The van der Waals surface area contributed by atoms with E-state index in [2.05, 4.69) is 15.6 Å². The summed E-state index contributed by atoms with van der Waals surface area (Å²) in [6.45, 7) is 2.57. The molecule has 1 saturated heterocycles. The van der Waals surface area contributed by atoms with E-state index >= 15 is 0 Å². The van der Waals surface area contributed by atoms with Gasteiger partial charge in [-0.2, -0.15) is 0 Å². The SMILES string of the molecule is CC(=O)c1sc(NC(=O)CN2C(=O)NC(C)(c3ccccc3)C2=O)nc1-c1ccccc1. The molecule has 0 aliphatic carbocycles. The van der Waals surface area contributed by atoms with Gasteiger partial charge in [-0.15, -0.1) is 0 Å². The number of carbonyl (C=O) groups excluding carboxylic acids is 4. The normalized spacial score (nSPS) is 17.9. The lowest BCUT2D eigenvalue weighted by Gasteiger charge is -2.21. The second-order valence-corrected chi connectivity index (χ2v) is 8.48. The van der Waals surface area contributed by atoms with Crippen LogP contribution in [-0.4, -0.2) is 40.1 Å². The third-order valence-corrected chi connectivity index (χ3v) is 6.24. The van der Waals surface area contributed by atoms with Crippen molar-refractivity contribution in [1.82, 2.24) is 15.2 Å². The third kappa shape index (κ3) is 3.90. The van der Waals surface area contributed by atoms with Gasteiger partial charge in [0.15, 0.2) is 10.9 Å². The molecule has 1 aliphatic heterocycles. The molecular weight excluding hydrogens is 428 g/mol. The van der Waals surface area contributed by atoms with Crippen LogP contribution in [0.25, 0.3) is 11.3 Å². The molecule has 2 heterocycles. The summed E-state index contributed by atoms with van der Waals surface area (Å²) in [6.07, 6.45) is 0. The Labute approximate surface area is 188 Å². The number of nitrogens with zero attached hydrogens (tertiary/aromatic N) is 2. The maximum absolute atomic E-state index is 13.0. The summed E-state index contributed by atoms with van der Waals surface area (Å²) in [7, 11) is 0. The molecule has 1 atom stereocenters. The molecule has 1 unspecified atom stereocenters. The van der Waals surface area contributed by atoms with Crippen LogP contribution < -0.4 is 10.6 Å². The number of aromatic nitrogens is 1. The zero-order chi connectivity index (χ0) is 22.9. The van der Waals surface area contributed by atoms with Crippen molar-refractivity contribution in [1.29, 1.82) is 0 Å². The zero-order valence-electron chi connectivity index (χ0n) is 17.4. The number of urea groups is 1. The lowest BCUT2D eigenvalue weighted by atomic mass is 9.92. The van der Waals surface area contributed by atoms with Crippen LogP contribution in [-0.2, 0) is 15.1 Å². The van der Waals surface area contributed by atoms with Crippen molar-refractivity contribution >= 4 is 40.1 Å². The number of amides is 4. The fourth-order valence-corrected chi connectivity index (χ4v) is 4.41. The zero-order valence-corrected chi connectivity index (χ0v) is 18.2. The fourth-order valence-electron chi connectivity index (χ4n) is 3.51. The van der Waals surface area contributed by atoms with Crippen LogP contribution in [0.15, 0.2) is 60.7 Å². The molecule has 162 valence electrons. The summed E-state index contributed by atoms with van der Waals surface area (Å²) >= 11 is 1.05. The Morgan fingerprint density at radius 2 is 1.69 bits per heavy atom. The van der Waals surface area contributed by atoms with Gasteiger partial charge >= 0.3 is 6.03 Å². The standard InChI is InChI=1S/C23H20N4O4S/c1-14(28)19-18(15-9-5-3-6-10-15)25-21(32-19)24-17(29)13-27-20(30)23(2,26-22(27)31)16-11-7-4-8-12-16/h3-12H,13H2,1-2H3,(H,26,31)(H,24,25,29). The van der Waals surface area contributed by atoms with E-state index in [0.717, 1.165) is 21.8 Å². The molecule has 3 aromatic rings. The molecule has 4 rings (SSSR count). The predicted molar refractivity (Wildman–Crippen MR) is 120 cm³/mol. The molecule has 1 aliphatic rings. The van der Waals surface area contributed by atoms with Gasteiger partial charge in [-0.1, -0.05) is 72.0 Å². The van der Waals surface area contributed by atoms with E-state index in [1.165, 1.54) is 6.92 Å². The molecular formula is C23H20N4O4S. The van der Waals surface area contributed by atoms with Crippen LogP contribution in [0.1, 0.15) is 29.1 Å². The van der Waals surface area contributed by atoms with E-state index < -0.39 is 29.9 Å². The van der Waals surface area contributed by atoms with Gasteiger partial charge in [-0.05, 0) is 12.5 Å². The van der Waals surface area contributed by atoms with Crippen LogP contribution in [0.2, 0.25) is 0 Å².